The Kier molecular flexibility index (Phi) is 7.17. The summed E-state index contributed by atoms with van der Waals surface area (Å²) in [5.74, 6) is -1.33. The zero-order valence-corrected chi connectivity index (χ0v) is 14.8. The summed E-state index contributed by atoms with van der Waals surface area (Å²) in [7, 11) is 0. The molecule has 0 aliphatic carbocycles. The van der Waals surface area contributed by atoms with Crippen molar-refractivity contribution in [3.05, 3.63) is 34.4 Å². The number of alkyl halides is 3. The van der Waals surface area contributed by atoms with Crippen molar-refractivity contribution in [1.82, 2.24) is 5.32 Å². The summed E-state index contributed by atoms with van der Waals surface area (Å²) in [6.07, 6.45) is -4.05. The molecule has 1 heterocycles. The van der Waals surface area contributed by atoms with Gasteiger partial charge in [-0.05, 0) is 28.5 Å². The summed E-state index contributed by atoms with van der Waals surface area (Å²) in [6.45, 7) is 10.8. The van der Waals surface area contributed by atoms with Gasteiger partial charge in [0.25, 0.3) is 0 Å². The van der Waals surface area contributed by atoms with Crippen molar-refractivity contribution < 1.29 is 27.9 Å². The van der Waals surface area contributed by atoms with Crippen LogP contribution in [0.1, 0.15) is 72.5 Å². The molecule has 1 aromatic carbocycles. The van der Waals surface area contributed by atoms with Gasteiger partial charge in [-0.1, -0.05) is 39.8 Å². The summed E-state index contributed by atoms with van der Waals surface area (Å²) >= 11 is 0. The number of nitrogens with one attached hydrogen (secondary N) is 1. The maximum Gasteiger partial charge on any atom is 0.490 e. The minimum Gasteiger partial charge on any atom is -0.475 e. The van der Waals surface area contributed by atoms with Gasteiger partial charge in [0.15, 0.2) is 6.29 Å². The molecule has 0 aromatic heterocycles. The van der Waals surface area contributed by atoms with E-state index in [-0.39, 0.29) is 0 Å². The molecule has 0 amide bonds. The highest BCUT2D eigenvalue weighted by molar-refractivity contribution is 5.81. The third-order valence-electron chi connectivity index (χ3n) is 4.12. The number of carbonyl (C=O) groups excluding carboxylic acids is 1. The number of carboxylic acid groups (broad SMARTS) is 1. The number of carboxylic acids is 1. The number of rotatable bonds is 4. The standard InChI is InChI=1S/C16H23NO.C2HF3O2/c1-10(2)14-5-12(13-7-17-8-13)6-15(11(3)4)16(14)9-18;3-2(4,5)1(6)7/h5-6,9-11,13,17H,7-8H2,1-4H3;(H,6,7). The minimum atomic E-state index is -5.08. The lowest BCUT2D eigenvalue weighted by atomic mass is 9.83. The Balaban J connectivity index is 0.000000381. The molecule has 25 heavy (non-hydrogen) atoms. The van der Waals surface area contributed by atoms with Gasteiger partial charge in [-0.25, -0.2) is 4.79 Å². The molecular weight excluding hydrogens is 335 g/mol. The van der Waals surface area contributed by atoms with Crippen LogP contribution >= 0.6 is 0 Å². The predicted molar refractivity (Wildman–Crippen MR) is 89.3 cm³/mol. The molecule has 0 radical (unpaired) electrons. The summed E-state index contributed by atoms with van der Waals surface area (Å²) in [5.41, 5.74) is 4.72. The zero-order chi connectivity index (χ0) is 19.4. The number of aldehydes is 1. The maximum absolute atomic E-state index is 11.4. The van der Waals surface area contributed by atoms with Crippen molar-refractivity contribution in [1.29, 1.82) is 0 Å². The van der Waals surface area contributed by atoms with Gasteiger partial charge in [-0.3, -0.25) is 4.79 Å². The fraction of sp³-hybridized carbons (Fsp3) is 0.556. The van der Waals surface area contributed by atoms with E-state index in [2.05, 4.69) is 45.1 Å². The van der Waals surface area contributed by atoms with Crippen LogP contribution in [0, 0.1) is 0 Å². The van der Waals surface area contributed by atoms with Crippen LogP contribution in [0.15, 0.2) is 12.1 Å². The van der Waals surface area contributed by atoms with Crippen molar-refractivity contribution in [2.75, 3.05) is 13.1 Å². The van der Waals surface area contributed by atoms with E-state index in [4.69, 9.17) is 9.90 Å². The smallest absolute Gasteiger partial charge is 0.475 e. The molecule has 1 aromatic rings. The van der Waals surface area contributed by atoms with E-state index in [0.717, 1.165) is 24.9 Å². The molecule has 0 spiro atoms. The molecule has 0 unspecified atom stereocenters. The quantitative estimate of drug-likeness (QED) is 0.796. The molecule has 1 aliphatic heterocycles. The fourth-order valence-corrected chi connectivity index (χ4v) is 2.57. The van der Waals surface area contributed by atoms with Crippen LogP contribution in [0.5, 0.6) is 0 Å². The number of carbonyl (C=O) groups is 2. The van der Waals surface area contributed by atoms with Gasteiger partial charge in [0, 0.05) is 24.6 Å². The van der Waals surface area contributed by atoms with Crippen molar-refractivity contribution in [3.8, 4) is 0 Å². The average Bonchev–Trinajstić information content (AvgIpc) is 2.43. The van der Waals surface area contributed by atoms with Crippen LogP contribution in [0.2, 0.25) is 0 Å². The van der Waals surface area contributed by atoms with Crippen LogP contribution in [0.4, 0.5) is 13.2 Å². The van der Waals surface area contributed by atoms with Crippen LogP contribution < -0.4 is 5.32 Å². The Morgan fingerprint density at radius 3 is 1.76 bits per heavy atom. The molecule has 140 valence electrons. The van der Waals surface area contributed by atoms with E-state index < -0.39 is 12.1 Å². The molecule has 2 rings (SSSR count). The number of aliphatic carboxylic acids is 1. The third-order valence-corrected chi connectivity index (χ3v) is 4.12. The van der Waals surface area contributed by atoms with Gasteiger partial charge in [-0.15, -0.1) is 0 Å². The lowest BCUT2D eigenvalue weighted by molar-refractivity contribution is -0.192. The summed E-state index contributed by atoms with van der Waals surface area (Å²) < 4.78 is 31.7. The van der Waals surface area contributed by atoms with Crippen LogP contribution in [0.25, 0.3) is 0 Å². The molecule has 1 fully saturated rings. The number of halogens is 3. The predicted octanol–water partition coefficient (Wildman–Crippen LogP) is 4.07. The highest BCUT2D eigenvalue weighted by atomic mass is 19.4. The Labute approximate surface area is 145 Å². The Hall–Kier alpha value is -1.89. The van der Waals surface area contributed by atoms with Crippen molar-refractivity contribution in [3.63, 3.8) is 0 Å². The maximum atomic E-state index is 11.4. The Morgan fingerprint density at radius 2 is 1.56 bits per heavy atom. The molecule has 0 saturated carbocycles. The first-order chi connectivity index (χ1) is 11.5. The van der Waals surface area contributed by atoms with Crippen molar-refractivity contribution in [2.24, 2.45) is 0 Å². The van der Waals surface area contributed by atoms with E-state index in [1.54, 1.807) is 0 Å². The van der Waals surface area contributed by atoms with Gasteiger partial charge in [0.2, 0.25) is 0 Å². The minimum absolute atomic E-state index is 0.399. The lowest BCUT2D eigenvalue weighted by Crippen LogP contribution is -2.40. The molecule has 2 N–H and O–H groups in total. The third kappa shape index (κ3) is 5.56. The second-order valence-corrected chi connectivity index (χ2v) is 6.70. The summed E-state index contributed by atoms with van der Waals surface area (Å²) in [5, 5.41) is 10.4. The topological polar surface area (TPSA) is 66.4 Å². The Bertz CT molecular complexity index is 591. The lowest BCUT2D eigenvalue weighted by Gasteiger charge is -2.30. The first kappa shape index (κ1) is 21.2. The van der Waals surface area contributed by atoms with Crippen molar-refractivity contribution in [2.45, 2.75) is 51.6 Å². The van der Waals surface area contributed by atoms with Gasteiger partial charge < -0.3 is 10.4 Å². The van der Waals surface area contributed by atoms with Gasteiger partial charge in [0.05, 0.1) is 0 Å². The van der Waals surface area contributed by atoms with E-state index in [0.29, 0.717) is 17.8 Å². The highest BCUT2D eigenvalue weighted by Crippen LogP contribution is 2.32. The number of hydrogen-bond acceptors (Lipinski definition) is 3. The van der Waals surface area contributed by atoms with Gasteiger partial charge in [-0.2, -0.15) is 13.2 Å². The van der Waals surface area contributed by atoms with E-state index in [9.17, 15) is 18.0 Å². The van der Waals surface area contributed by atoms with Crippen LogP contribution in [0.3, 0.4) is 0 Å². The molecule has 4 nitrogen and oxygen atoms in total. The average molecular weight is 359 g/mol. The summed E-state index contributed by atoms with van der Waals surface area (Å²) in [4.78, 5) is 20.3. The zero-order valence-electron chi connectivity index (χ0n) is 14.8. The SMILES string of the molecule is CC(C)c1cc(C2CNC2)cc(C(C)C)c1C=O.O=C(O)C(F)(F)F. The van der Waals surface area contributed by atoms with Crippen LogP contribution in [-0.2, 0) is 4.79 Å². The number of benzene rings is 1. The number of hydrogen-bond donors (Lipinski definition) is 2. The largest absolute Gasteiger partial charge is 0.490 e. The van der Waals surface area contributed by atoms with Crippen molar-refractivity contribution >= 4 is 12.3 Å². The molecule has 1 aliphatic rings. The Morgan fingerprint density at radius 1 is 1.16 bits per heavy atom. The molecule has 1 saturated heterocycles. The molecule has 0 bridgehead atoms. The molecular formula is C18H24F3NO3. The van der Waals surface area contributed by atoms with Gasteiger partial charge >= 0.3 is 12.1 Å². The van der Waals surface area contributed by atoms with E-state index in [1.807, 2.05) is 0 Å². The molecule has 0 atom stereocenters. The first-order valence-electron chi connectivity index (χ1n) is 8.12. The highest BCUT2D eigenvalue weighted by Gasteiger charge is 2.38. The van der Waals surface area contributed by atoms with E-state index >= 15 is 0 Å². The second-order valence-electron chi connectivity index (χ2n) is 6.70. The fourth-order valence-electron chi connectivity index (χ4n) is 2.57. The van der Waals surface area contributed by atoms with Crippen LogP contribution in [-0.4, -0.2) is 36.6 Å². The first-order valence-corrected chi connectivity index (χ1v) is 8.12. The van der Waals surface area contributed by atoms with E-state index in [1.165, 1.54) is 16.7 Å². The second kappa shape index (κ2) is 8.47. The van der Waals surface area contributed by atoms with Gasteiger partial charge in [0.1, 0.15) is 0 Å². The normalized spacial score (nSPS) is 14.8. The summed E-state index contributed by atoms with van der Waals surface area (Å²) in [6, 6.07) is 4.48. The monoisotopic (exact) mass is 359 g/mol. The molecule has 7 heteroatoms.